The summed E-state index contributed by atoms with van der Waals surface area (Å²) in [6.45, 7) is 8.50. The molecule has 2 rings (SSSR count). The van der Waals surface area contributed by atoms with E-state index in [0.717, 1.165) is 0 Å². The van der Waals surface area contributed by atoms with Gasteiger partial charge in [0.2, 0.25) is 5.91 Å². The molecule has 2 aromatic rings. The zero-order chi connectivity index (χ0) is 26.5. The molecule has 2 aromatic heterocycles. The third-order valence-electron chi connectivity index (χ3n) is 3.72. The molecule has 9 nitrogen and oxygen atoms in total. The third-order valence-corrected chi connectivity index (χ3v) is 4.29. The smallest absolute Gasteiger partial charge is 0.358 e. The lowest BCUT2D eigenvalue weighted by Gasteiger charge is -2.09. The number of nitrogens with two attached hydrogens (primary N) is 1. The normalized spacial score (nSPS) is 9.23. The number of nitrogens with one attached hydrogen (secondary N) is 1. The van der Waals surface area contributed by atoms with Gasteiger partial charge in [-0.25, -0.2) is 19.6 Å². The van der Waals surface area contributed by atoms with Crippen molar-refractivity contribution in [3.8, 4) is 23.7 Å². The number of carbonyl (C=O) groups excluding carboxylic acids is 3. The van der Waals surface area contributed by atoms with Crippen molar-refractivity contribution < 1.29 is 23.9 Å². The topological polar surface area (TPSA) is 134 Å². The molecule has 184 valence electrons. The highest BCUT2D eigenvalue weighted by Gasteiger charge is 2.18. The van der Waals surface area contributed by atoms with Gasteiger partial charge < -0.3 is 20.5 Å². The summed E-state index contributed by atoms with van der Waals surface area (Å²) in [5.74, 6) is 9.22. The van der Waals surface area contributed by atoms with Crippen molar-refractivity contribution in [2.45, 2.75) is 34.6 Å². The average molecular weight is 519 g/mol. The van der Waals surface area contributed by atoms with Crippen LogP contribution in [0.3, 0.4) is 0 Å². The summed E-state index contributed by atoms with van der Waals surface area (Å²) in [5.41, 5.74) is 6.97. The number of pyridine rings is 2. The number of hydrogen-bond donors (Lipinski definition) is 2. The predicted octanol–water partition coefficient (Wildman–Crippen LogP) is 4.11. The van der Waals surface area contributed by atoms with Crippen LogP contribution in [0.15, 0.2) is 12.1 Å². The first-order valence-corrected chi connectivity index (χ1v) is 11.0. The Kier molecular flexibility index (Phi) is 12.1. The van der Waals surface area contributed by atoms with E-state index in [4.69, 9.17) is 38.4 Å². The molecule has 0 aromatic carbocycles. The van der Waals surface area contributed by atoms with Gasteiger partial charge in [0.25, 0.3) is 0 Å². The average Bonchev–Trinajstić information content (AvgIpc) is 2.78. The van der Waals surface area contributed by atoms with Crippen molar-refractivity contribution in [3.63, 3.8) is 0 Å². The summed E-state index contributed by atoms with van der Waals surface area (Å²) < 4.78 is 9.65. The Balaban J connectivity index is 0.000000355. The van der Waals surface area contributed by atoms with Crippen LogP contribution >= 0.6 is 23.2 Å². The maximum absolute atomic E-state index is 11.7. The predicted molar refractivity (Wildman–Crippen MR) is 134 cm³/mol. The second kappa shape index (κ2) is 14.5. The van der Waals surface area contributed by atoms with Gasteiger partial charge >= 0.3 is 11.9 Å². The third kappa shape index (κ3) is 8.82. The van der Waals surface area contributed by atoms with Crippen LogP contribution in [-0.4, -0.2) is 41.0 Å². The van der Waals surface area contributed by atoms with E-state index < -0.39 is 11.9 Å². The van der Waals surface area contributed by atoms with Gasteiger partial charge in [-0.15, -0.1) is 0 Å². The molecule has 0 aliphatic carbocycles. The number of rotatable bonds is 5. The maximum atomic E-state index is 11.7. The molecule has 3 N–H and O–H groups in total. The van der Waals surface area contributed by atoms with E-state index in [1.807, 2.05) is 0 Å². The summed E-state index contributed by atoms with van der Waals surface area (Å²) in [7, 11) is 0. The number of nitrogen functional groups attached to an aromatic ring is 1. The van der Waals surface area contributed by atoms with Gasteiger partial charge in [0, 0.05) is 6.92 Å². The van der Waals surface area contributed by atoms with E-state index in [2.05, 4.69) is 39.0 Å². The zero-order valence-electron chi connectivity index (χ0n) is 19.8. The van der Waals surface area contributed by atoms with Crippen molar-refractivity contribution >= 4 is 52.4 Å². The van der Waals surface area contributed by atoms with Gasteiger partial charge in [-0.1, -0.05) is 35.0 Å². The van der Waals surface area contributed by atoms with Crippen LogP contribution in [-0.2, 0) is 14.3 Å². The molecular formula is C24H24Cl2N4O5. The molecule has 0 saturated carbocycles. The first-order valence-electron chi connectivity index (χ1n) is 10.2. The standard InChI is InChI=1S/C13H13ClN2O3.C11H11ClN2O2/c1-4-6-10-11(15-8(3)17)7-9(14)12(16-10)13(18)19-5-2;1-3-5-9-8(13)6-7(12)10(14-9)11(15)16-4-2/h7H,5H2,1-3H3,(H,15,17);6H,4,13H2,1-2H3. The first-order chi connectivity index (χ1) is 16.6. The minimum absolute atomic E-state index is 0.0182. The number of carbonyl (C=O) groups is 3. The Hall–Kier alpha value is -3.79. The summed E-state index contributed by atoms with van der Waals surface area (Å²) in [4.78, 5) is 42.2. The molecule has 0 atom stereocenters. The van der Waals surface area contributed by atoms with E-state index in [-0.39, 0.29) is 46.2 Å². The van der Waals surface area contributed by atoms with Crippen LogP contribution in [0.4, 0.5) is 11.4 Å². The number of nitrogens with zero attached hydrogens (tertiary/aromatic N) is 2. The molecule has 0 aliphatic rings. The Bertz CT molecular complexity index is 1240. The van der Waals surface area contributed by atoms with Crippen LogP contribution in [0.5, 0.6) is 0 Å². The second-order valence-electron chi connectivity index (χ2n) is 6.34. The molecule has 11 heteroatoms. The van der Waals surface area contributed by atoms with Crippen molar-refractivity contribution in [1.82, 2.24) is 9.97 Å². The highest BCUT2D eigenvalue weighted by Crippen LogP contribution is 2.23. The fraction of sp³-hybridized carbons (Fsp3) is 0.292. The molecule has 0 bridgehead atoms. The number of aromatic nitrogens is 2. The van der Waals surface area contributed by atoms with Gasteiger partial charge in [-0.05, 0) is 51.7 Å². The number of esters is 2. The lowest BCUT2D eigenvalue weighted by atomic mass is 10.2. The van der Waals surface area contributed by atoms with Crippen molar-refractivity contribution in [2.75, 3.05) is 24.3 Å². The highest BCUT2D eigenvalue weighted by molar-refractivity contribution is 6.34. The van der Waals surface area contributed by atoms with Gasteiger partial charge in [-0.2, -0.15) is 0 Å². The van der Waals surface area contributed by atoms with Crippen LogP contribution in [0.25, 0.3) is 0 Å². The van der Waals surface area contributed by atoms with E-state index >= 15 is 0 Å². The van der Waals surface area contributed by atoms with Crippen molar-refractivity contribution in [2.24, 2.45) is 0 Å². The van der Waals surface area contributed by atoms with Crippen molar-refractivity contribution in [3.05, 3.63) is 45.0 Å². The molecule has 0 aliphatic heterocycles. The maximum Gasteiger partial charge on any atom is 0.358 e. The molecule has 1 amide bonds. The van der Waals surface area contributed by atoms with Gasteiger partial charge in [0.05, 0.1) is 34.6 Å². The molecule has 0 fully saturated rings. The quantitative estimate of drug-likeness (QED) is 0.446. The Morgan fingerprint density at radius 2 is 1.37 bits per heavy atom. The Morgan fingerprint density at radius 1 is 0.914 bits per heavy atom. The first kappa shape index (κ1) is 29.2. The SMILES string of the molecule is CC#Cc1nc(C(=O)OCC)c(Cl)cc1N.CC#Cc1nc(C(=O)OCC)c(Cl)cc1NC(C)=O. The molecule has 35 heavy (non-hydrogen) atoms. The van der Waals surface area contributed by atoms with E-state index in [1.165, 1.54) is 19.1 Å². The van der Waals surface area contributed by atoms with Crippen molar-refractivity contribution in [1.29, 1.82) is 0 Å². The minimum atomic E-state index is -0.624. The summed E-state index contributed by atoms with van der Waals surface area (Å²) >= 11 is 11.8. The lowest BCUT2D eigenvalue weighted by molar-refractivity contribution is -0.114. The van der Waals surface area contributed by atoms with E-state index in [0.29, 0.717) is 17.1 Å². The summed E-state index contributed by atoms with van der Waals surface area (Å²) in [5, 5.41) is 2.82. The van der Waals surface area contributed by atoms with Crippen LogP contribution in [0.2, 0.25) is 10.0 Å². The number of ether oxygens (including phenoxy) is 2. The van der Waals surface area contributed by atoms with E-state index in [1.54, 1.807) is 27.7 Å². The molecule has 0 unspecified atom stereocenters. The van der Waals surface area contributed by atoms with Gasteiger partial charge in [0.1, 0.15) is 11.4 Å². The molecule has 0 saturated heterocycles. The summed E-state index contributed by atoms with van der Waals surface area (Å²) in [6, 6.07) is 2.88. The molecule has 0 spiro atoms. The fourth-order valence-corrected chi connectivity index (χ4v) is 2.86. The number of amides is 1. The van der Waals surface area contributed by atoms with Gasteiger partial charge in [0.15, 0.2) is 11.4 Å². The molecular weight excluding hydrogens is 495 g/mol. The van der Waals surface area contributed by atoms with Crippen LogP contribution < -0.4 is 11.1 Å². The Morgan fingerprint density at radius 3 is 1.83 bits per heavy atom. The molecule has 2 heterocycles. The number of halogens is 2. The zero-order valence-corrected chi connectivity index (χ0v) is 21.3. The molecule has 0 radical (unpaired) electrons. The monoisotopic (exact) mass is 518 g/mol. The minimum Gasteiger partial charge on any atom is -0.461 e. The second-order valence-corrected chi connectivity index (χ2v) is 7.16. The number of anilines is 2. The highest BCUT2D eigenvalue weighted by atomic mass is 35.5. The fourth-order valence-electron chi connectivity index (χ4n) is 2.39. The number of hydrogen-bond acceptors (Lipinski definition) is 8. The summed E-state index contributed by atoms with van der Waals surface area (Å²) in [6.07, 6.45) is 0. The van der Waals surface area contributed by atoms with Crippen LogP contribution in [0, 0.1) is 23.7 Å². The van der Waals surface area contributed by atoms with Gasteiger partial charge in [-0.3, -0.25) is 4.79 Å². The lowest BCUT2D eigenvalue weighted by Crippen LogP contribution is -2.13. The largest absolute Gasteiger partial charge is 0.461 e. The Labute approximate surface area is 213 Å². The van der Waals surface area contributed by atoms with Crippen LogP contribution in [0.1, 0.15) is 67.0 Å². The van der Waals surface area contributed by atoms with E-state index in [9.17, 15) is 14.4 Å².